The highest BCUT2D eigenvalue weighted by Gasteiger charge is 2.22. The summed E-state index contributed by atoms with van der Waals surface area (Å²) >= 11 is 0. The Morgan fingerprint density at radius 2 is 2.12 bits per heavy atom. The first-order chi connectivity index (χ1) is 15.0. The van der Waals surface area contributed by atoms with Gasteiger partial charge in [-0.15, -0.1) is 24.0 Å². The predicted octanol–water partition coefficient (Wildman–Crippen LogP) is 3.42. The fourth-order valence-corrected chi connectivity index (χ4v) is 3.42. The van der Waals surface area contributed by atoms with E-state index in [9.17, 15) is 4.79 Å². The summed E-state index contributed by atoms with van der Waals surface area (Å²) in [6, 6.07) is 9.63. The first kappa shape index (κ1) is 25.7. The largest absolute Gasteiger partial charge is 0.494 e. The highest BCUT2D eigenvalue weighted by atomic mass is 127. The fourth-order valence-electron chi connectivity index (χ4n) is 3.42. The van der Waals surface area contributed by atoms with Gasteiger partial charge in [0.2, 0.25) is 5.91 Å². The molecule has 0 radical (unpaired) electrons. The molecule has 0 saturated carbocycles. The number of nitrogens with one attached hydrogen (secondary N) is 3. The van der Waals surface area contributed by atoms with Crippen LogP contribution in [0.1, 0.15) is 37.1 Å². The van der Waals surface area contributed by atoms with Crippen LogP contribution in [0.25, 0.3) is 0 Å². The van der Waals surface area contributed by atoms with Crippen molar-refractivity contribution in [2.45, 2.75) is 46.3 Å². The molecule has 9 heteroatoms. The van der Waals surface area contributed by atoms with Crippen molar-refractivity contribution in [1.82, 2.24) is 15.6 Å². The van der Waals surface area contributed by atoms with E-state index in [0.29, 0.717) is 37.9 Å². The molecule has 2 heterocycles. The third kappa shape index (κ3) is 7.25. The summed E-state index contributed by atoms with van der Waals surface area (Å²) in [5.74, 6) is 2.83. The van der Waals surface area contributed by atoms with Crippen LogP contribution in [0.5, 0.6) is 11.5 Å². The molecule has 174 valence electrons. The topological polar surface area (TPSA) is 96.9 Å². The van der Waals surface area contributed by atoms with Crippen molar-refractivity contribution in [2.75, 3.05) is 25.5 Å². The van der Waals surface area contributed by atoms with Gasteiger partial charge in [0.15, 0.2) is 5.96 Å². The Kier molecular flexibility index (Phi) is 10.0. The smallest absolute Gasteiger partial charge is 0.227 e. The SMILES string of the molecule is CCOc1cc2c(cc1CNC(=NC)NCCC(=O)Nc1cccc(C)n1)OC(C)C2.I. The van der Waals surface area contributed by atoms with Crippen molar-refractivity contribution >= 4 is 41.7 Å². The second-order valence-electron chi connectivity index (χ2n) is 7.45. The maximum atomic E-state index is 12.1. The number of nitrogens with zero attached hydrogens (tertiary/aromatic N) is 2. The number of halogens is 1. The molecule has 0 aliphatic carbocycles. The summed E-state index contributed by atoms with van der Waals surface area (Å²) in [4.78, 5) is 20.7. The van der Waals surface area contributed by atoms with Crippen LogP contribution < -0.4 is 25.4 Å². The summed E-state index contributed by atoms with van der Waals surface area (Å²) in [6.07, 6.45) is 1.38. The van der Waals surface area contributed by atoms with Crippen molar-refractivity contribution in [3.8, 4) is 11.5 Å². The van der Waals surface area contributed by atoms with Crippen LogP contribution in [0.15, 0.2) is 35.3 Å². The number of fused-ring (bicyclic) bond motifs is 1. The van der Waals surface area contributed by atoms with Crippen LogP contribution in [-0.4, -0.2) is 43.2 Å². The zero-order valence-corrected chi connectivity index (χ0v) is 21.4. The van der Waals surface area contributed by atoms with Crippen molar-refractivity contribution < 1.29 is 14.3 Å². The number of aromatic nitrogens is 1. The second-order valence-corrected chi connectivity index (χ2v) is 7.45. The standard InChI is InChI=1S/C23H31N5O3.HI/c1-5-30-19-12-17-11-16(3)31-20(17)13-18(19)14-26-23(24-4)25-10-9-22(29)28-21-8-6-7-15(2)27-21;/h6-8,12-13,16H,5,9-11,14H2,1-4H3,(H2,24,25,26)(H,27,28,29);1H. The lowest BCUT2D eigenvalue weighted by Gasteiger charge is -2.15. The minimum absolute atomic E-state index is 0. The van der Waals surface area contributed by atoms with E-state index in [4.69, 9.17) is 9.47 Å². The Balaban J connectivity index is 0.00000363. The molecule has 1 aromatic heterocycles. The van der Waals surface area contributed by atoms with Crippen molar-refractivity contribution in [2.24, 2.45) is 4.99 Å². The fraction of sp³-hybridized carbons (Fsp3) is 0.435. The molecule has 1 unspecified atom stereocenters. The number of carbonyl (C=O) groups excluding carboxylic acids is 1. The van der Waals surface area contributed by atoms with E-state index in [1.54, 1.807) is 13.1 Å². The Bertz CT molecular complexity index is 951. The summed E-state index contributed by atoms with van der Waals surface area (Å²) in [5.41, 5.74) is 3.04. The average Bonchev–Trinajstić information content (AvgIpc) is 3.09. The maximum Gasteiger partial charge on any atom is 0.227 e. The van der Waals surface area contributed by atoms with Gasteiger partial charge in [-0.2, -0.15) is 0 Å². The molecule has 32 heavy (non-hydrogen) atoms. The van der Waals surface area contributed by atoms with Gasteiger partial charge in [-0.05, 0) is 45.0 Å². The number of carbonyl (C=O) groups is 1. The van der Waals surface area contributed by atoms with Crippen LogP contribution in [0.3, 0.4) is 0 Å². The normalized spacial score (nSPS) is 14.6. The highest BCUT2D eigenvalue weighted by Crippen LogP contribution is 2.35. The van der Waals surface area contributed by atoms with Gasteiger partial charge in [-0.1, -0.05) is 6.07 Å². The zero-order valence-electron chi connectivity index (χ0n) is 19.0. The first-order valence-electron chi connectivity index (χ1n) is 10.6. The third-order valence-corrected chi connectivity index (χ3v) is 4.85. The van der Waals surface area contributed by atoms with Crippen LogP contribution in [0.2, 0.25) is 0 Å². The summed E-state index contributed by atoms with van der Waals surface area (Å²) in [6.45, 7) is 7.49. The summed E-state index contributed by atoms with van der Waals surface area (Å²) in [5, 5.41) is 9.24. The van der Waals surface area contributed by atoms with Crippen molar-refractivity contribution in [3.63, 3.8) is 0 Å². The summed E-state index contributed by atoms with van der Waals surface area (Å²) < 4.78 is 11.7. The molecule has 1 aliphatic rings. The van der Waals surface area contributed by atoms with Crippen molar-refractivity contribution in [3.05, 3.63) is 47.2 Å². The number of benzene rings is 1. The Labute approximate surface area is 206 Å². The number of anilines is 1. The molecule has 1 amide bonds. The predicted molar refractivity (Wildman–Crippen MR) is 137 cm³/mol. The van der Waals surface area contributed by atoms with Gasteiger partial charge in [-0.3, -0.25) is 9.79 Å². The van der Waals surface area contributed by atoms with Gasteiger partial charge >= 0.3 is 0 Å². The molecule has 8 nitrogen and oxygen atoms in total. The molecule has 2 aromatic rings. The van der Waals surface area contributed by atoms with Gasteiger partial charge in [0.25, 0.3) is 0 Å². The highest BCUT2D eigenvalue weighted by molar-refractivity contribution is 14.0. The molecule has 3 N–H and O–H groups in total. The van der Waals surface area contributed by atoms with Gasteiger partial charge in [-0.25, -0.2) is 4.98 Å². The molecule has 0 saturated heterocycles. The molecule has 1 atom stereocenters. The number of hydrogen-bond donors (Lipinski definition) is 3. The number of aliphatic imine (C=N–C) groups is 1. The van der Waals surface area contributed by atoms with E-state index >= 15 is 0 Å². The lowest BCUT2D eigenvalue weighted by atomic mass is 10.1. The zero-order chi connectivity index (χ0) is 22.2. The van der Waals surface area contributed by atoms with E-state index in [2.05, 4.69) is 38.9 Å². The van der Waals surface area contributed by atoms with Gasteiger partial charge in [0, 0.05) is 49.8 Å². The molecular weight excluding hydrogens is 521 g/mol. The van der Waals surface area contributed by atoms with E-state index in [1.165, 1.54) is 5.56 Å². The molecule has 1 aromatic carbocycles. The number of ether oxygens (including phenoxy) is 2. The Hall–Kier alpha value is -2.56. The van der Waals surface area contributed by atoms with E-state index in [1.807, 2.05) is 32.0 Å². The molecule has 0 fully saturated rings. The number of pyridine rings is 1. The number of amides is 1. The van der Waals surface area contributed by atoms with Crippen LogP contribution >= 0.6 is 24.0 Å². The number of rotatable bonds is 8. The third-order valence-electron chi connectivity index (χ3n) is 4.85. The minimum Gasteiger partial charge on any atom is -0.494 e. The quantitative estimate of drug-likeness (QED) is 0.264. The Morgan fingerprint density at radius 3 is 2.84 bits per heavy atom. The van der Waals surface area contributed by atoms with Crippen LogP contribution in [-0.2, 0) is 17.8 Å². The molecule has 0 spiro atoms. The first-order valence-corrected chi connectivity index (χ1v) is 10.6. The summed E-state index contributed by atoms with van der Waals surface area (Å²) in [7, 11) is 1.70. The van der Waals surface area contributed by atoms with Crippen LogP contribution in [0, 0.1) is 6.92 Å². The molecule has 1 aliphatic heterocycles. The second kappa shape index (κ2) is 12.5. The van der Waals surface area contributed by atoms with E-state index < -0.39 is 0 Å². The van der Waals surface area contributed by atoms with Crippen LogP contribution in [0.4, 0.5) is 5.82 Å². The Morgan fingerprint density at radius 1 is 1.31 bits per heavy atom. The molecule has 3 rings (SSSR count). The van der Waals surface area contributed by atoms with Crippen molar-refractivity contribution in [1.29, 1.82) is 0 Å². The van der Waals surface area contributed by atoms with Gasteiger partial charge in [0.1, 0.15) is 23.4 Å². The monoisotopic (exact) mass is 553 g/mol. The minimum atomic E-state index is -0.107. The number of hydrogen-bond acceptors (Lipinski definition) is 5. The molecular formula is C23H32IN5O3. The average molecular weight is 553 g/mol. The molecule has 0 bridgehead atoms. The maximum absolute atomic E-state index is 12.1. The lowest BCUT2D eigenvalue weighted by Crippen LogP contribution is -2.38. The van der Waals surface area contributed by atoms with E-state index in [-0.39, 0.29) is 36.0 Å². The van der Waals surface area contributed by atoms with E-state index in [0.717, 1.165) is 29.2 Å². The lowest BCUT2D eigenvalue weighted by molar-refractivity contribution is -0.116. The number of guanidine groups is 1. The number of aryl methyl sites for hydroxylation is 1. The van der Waals surface area contributed by atoms with Gasteiger partial charge in [0.05, 0.1) is 6.61 Å². The van der Waals surface area contributed by atoms with Gasteiger partial charge < -0.3 is 25.4 Å².